The van der Waals surface area contributed by atoms with Gasteiger partial charge in [-0.2, -0.15) is 0 Å². The van der Waals surface area contributed by atoms with Gasteiger partial charge in [0.15, 0.2) is 5.78 Å². The van der Waals surface area contributed by atoms with Crippen molar-refractivity contribution < 1.29 is 13.6 Å². The van der Waals surface area contributed by atoms with E-state index in [0.29, 0.717) is 11.3 Å². The van der Waals surface area contributed by atoms with Crippen molar-refractivity contribution >= 4 is 11.9 Å². The lowest BCUT2D eigenvalue weighted by Crippen LogP contribution is -1.93. The molecule has 0 bridgehead atoms. The van der Waals surface area contributed by atoms with E-state index in [2.05, 4.69) is 0 Å². The van der Waals surface area contributed by atoms with Crippen molar-refractivity contribution in [3.05, 3.63) is 65.9 Å². The molecule has 0 atom stereocenters. The van der Waals surface area contributed by atoms with Crippen molar-refractivity contribution in [2.45, 2.75) is 0 Å². The number of hydrogen-bond acceptors (Lipinski definition) is 2. The minimum Gasteiger partial charge on any atom is -0.465 e. The highest BCUT2D eigenvalue weighted by atomic mass is 19.1. The molecule has 0 aliphatic heterocycles. The number of hydrogen-bond donors (Lipinski definition) is 0. The Morgan fingerprint density at radius 1 is 1.19 bits per heavy atom. The van der Waals surface area contributed by atoms with E-state index in [0.717, 1.165) is 0 Å². The van der Waals surface area contributed by atoms with E-state index < -0.39 is 0 Å². The molecule has 0 amide bonds. The Labute approximate surface area is 92.0 Å². The van der Waals surface area contributed by atoms with Crippen LogP contribution >= 0.6 is 0 Å². The fraction of sp³-hybridized carbons (Fsp3) is 0. The first kappa shape index (κ1) is 10.4. The molecule has 2 rings (SSSR count). The van der Waals surface area contributed by atoms with E-state index in [1.54, 1.807) is 18.2 Å². The quantitative estimate of drug-likeness (QED) is 0.582. The molecular formula is C13H9FO2. The molecule has 2 aromatic rings. The molecule has 0 unspecified atom stereocenters. The molecule has 0 N–H and O–H groups in total. The van der Waals surface area contributed by atoms with Crippen LogP contribution in [0.2, 0.25) is 0 Å². The summed E-state index contributed by atoms with van der Waals surface area (Å²) in [4.78, 5) is 11.6. The molecule has 0 radical (unpaired) electrons. The third-order valence-corrected chi connectivity index (χ3v) is 2.07. The number of carbonyl (C=O) groups is 1. The fourth-order valence-corrected chi connectivity index (χ4v) is 1.25. The molecule has 80 valence electrons. The van der Waals surface area contributed by atoms with Crippen LogP contribution in [-0.2, 0) is 0 Å². The van der Waals surface area contributed by atoms with Crippen LogP contribution < -0.4 is 0 Å². The van der Waals surface area contributed by atoms with E-state index in [1.807, 2.05) is 0 Å². The van der Waals surface area contributed by atoms with Crippen molar-refractivity contribution in [1.29, 1.82) is 0 Å². The van der Waals surface area contributed by atoms with Crippen LogP contribution in [0.15, 0.2) is 53.2 Å². The summed E-state index contributed by atoms with van der Waals surface area (Å²) in [6.45, 7) is 0. The Bertz CT molecular complexity index is 495. The van der Waals surface area contributed by atoms with Crippen molar-refractivity contribution in [3.8, 4) is 0 Å². The molecule has 1 aromatic heterocycles. The highest BCUT2D eigenvalue weighted by Crippen LogP contribution is 2.07. The first-order valence-electron chi connectivity index (χ1n) is 4.77. The van der Waals surface area contributed by atoms with Gasteiger partial charge in [0.1, 0.15) is 11.6 Å². The SMILES string of the molecule is O=C(/C=C/c1ccco1)c1ccc(F)cc1. The second-order valence-corrected chi connectivity index (χ2v) is 3.22. The largest absolute Gasteiger partial charge is 0.465 e. The van der Waals surface area contributed by atoms with Crippen LogP contribution in [0.4, 0.5) is 4.39 Å². The van der Waals surface area contributed by atoms with Crippen molar-refractivity contribution in [1.82, 2.24) is 0 Å². The maximum Gasteiger partial charge on any atom is 0.185 e. The lowest BCUT2D eigenvalue weighted by molar-refractivity contribution is 0.104. The summed E-state index contributed by atoms with van der Waals surface area (Å²) in [5.41, 5.74) is 0.448. The Kier molecular flexibility index (Phi) is 2.96. The zero-order chi connectivity index (χ0) is 11.4. The summed E-state index contributed by atoms with van der Waals surface area (Å²) in [5, 5.41) is 0. The average molecular weight is 216 g/mol. The molecule has 0 aliphatic carbocycles. The van der Waals surface area contributed by atoms with Crippen LogP contribution in [0.1, 0.15) is 16.1 Å². The van der Waals surface area contributed by atoms with E-state index in [9.17, 15) is 9.18 Å². The highest BCUT2D eigenvalue weighted by Gasteiger charge is 2.01. The first-order chi connectivity index (χ1) is 7.75. The average Bonchev–Trinajstić information content (AvgIpc) is 2.80. The molecule has 1 heterocycles. The molecule has 3 heteroatoms. The Hall–Kier alpha value is -2.16. The van der Waals surface area contributed by atoms with Gasteiger partial charge in [-0.3, -0.25) is 4.79 Å². The minimum absolute atomic E-state index is 0.184. The number of benzene rings is 1. The maximum atomic E-state index is 12.6. The maximum absolute atomic E-state index is 12.6. The van der Waals surface area contributed by atoms with Crippen LogP contribution in [0, 0.1) is 5.82 Å². The summed E-state index contributed by atoms with van der Waals surface area (Å²) < 4.78 is 17.7. The second kappa shape index (κ2) is 4.57. The molecule has 0 aliphatic rings. The fourth-order valence-electron chi connectivity index (χ4n) is 1.25. The van der Waals surface area contributed by atoms with Gasteiger partial charge >= 0.3 is 0 Å². The smallest absolute Gasteiger partial charge is 0.185 e. The second-order valence-electron chi connectivity index (χ2n) is 3.22. The standard InChI is InChI=1S/C13H9FO2/c14-11-5-3-10(4-6-11)13(15)8-7-12-2-1-9-16-12/h1-9H/b8-7+. The lowest BCUT2D eigenvalue weighted by Gasteiger charge is -1.94. The van der Waals surface area contributed by atoms with Gasteiger partial charge in [-0.05, 0) is 48.6 Å². The predicted molar refractivity (Wildman–Crippen MR) is 58.5 cm³/mol. The number of carbonyl (C=O) groups excluding carboxylic acids is 1. The summed E-state index contributed by atoms with van der Waals surface area (Å²) in [6.07, 6.45) is 4.50. The van der Waals surface area contributed by atoms with Crippen molar-refractivity contribution in [2.24, 2.45) is 0 Å². The third-order valence-electron chi connectivity index (χ3n) is 2.07. The van der Waals surface area contributed by atoms with Gasteiger partial charge in [0.2, 0.25) is 0 Å². The van der Waals surface area contributed by atoms with Gasteiger partial charge < -0.3 is 4.42 Å². The summed E-state index contributed by atoms with van der Waals surface area (Å²) in [6, 6.07) is 8.90. The monoisotopic (exact) mass is 216 g/mol. The number of ketones is 1. The molecule has 0 spiro atoms. The Morgan fingerprint density at radius 3 is 2.56 bits per heavy atom. The third kappa shape index (κ3) is 2.45. The first-order valence-corrected chi connectivity index (χ1v) is 4.77. The summed E-state index contributed by atoms with van der Waals surface area (Å²) >= 11 is 0. The molecule has 16 heavy (non-hydrogen) atoms. The van der Waals surface area contributed by atoms with Gasteiger partial charge in [0.05, 0.1) is 6.26 Å². The normalized spacial score (nSPS) is 10.8. The van der Waals surface area contributed by atoms with Crippen molar-refractivity contribution in [3.63, 3.8) is 0 Å². The molecule has 1 aromatic carbocycles. The molecule has 0 fully saturated rings. The van der Waals surface area contributed by atoms with Gasteiger partial charge in [-0.1, -0.05) is 0 Å². The molecule has 0 saturated carbocycles. The molecular weight excluding hydrogens is 207 g/mol. The number of rotatable bonds is 3. The minimum atomic E-state index is -0.355. The number of furan rings is 1. The van der Waals surface area contributed by atoms with Gasteiger partial charge in [-0.15, -0.1) is 0 Å². The van der Waals surface area contributed by atoms with E-state index in [-0.39, 0.29) is 11.6 Å². The summed E-state index contributed by atoms with van der Waals surface area (Å²) in [7, 11) is 0. The van der Waals surface area contributed by atoms with E-state index in [4.69, 9.17) is 4.42 Å². The number of halogens is 1. The van der Waals surface area contributed by atoms with Crippen LogP contribution in [0.3, 0.4) is 0 Å². The van der Waals surface area contributed by atoms with Gasteiger partial charge in [0, 0.05) is 5.56 Å². The molecule has 0 saturated heterocycles. The topological polar surface area (TPSA) is 30.2 Å². The highest BCUT2D eigenvalue weighted by molar-refractivity contribution is 6.06. The van der Waals surface area contributed by atoms with Crippen LogP contribution in [0.25, 0.3) is 6.08 Å². The van der Waals surface area contributed by atoms with Crippen LogP contribution in [0.5, 0.6) is 0 Å². The van der Waals surface area contributed by atoms with E-state index >= 15 is 0 Å². The zero-order valence-corrected chi connectivity index (χ0v) is 8.39. The Morgan fingerprint density at radius 2 is 1.94 bits per heavy atom. The summed E-state index contributed by atoms with van der Waals surface area (Å²) in [5.74, 6) is 0.0680. The predicted octanol–water partition coefficient (Wildman–Crippen LogP) is 3.31. The van der Waals surface area contributed by atoms with Gasteiger partial charge in [-0.25, -0.2) is 4.39 Å². The zero-order valence-electron chi connectivity index (χ0n) is 8.39. The van der Waals surface area contributed by atoms with E-state index in [1.165, 1.54) is 36.6 Å². The van der Waals surface area contributed by atoms with Crippen molar-refractivity contribution in [2.75, 3.05) is 0 Å². The van der Waals surface area contributed by atoms with Crippen LogP contribution in [-0.4, -0.2) is 5.78 Å². The number of allylic oxidation sites excluding steroid dienone is 1. The lowest BCUT2D eigenvalue weighted by atomic mass is 10.1. The Balaban J connectivity index is 2.11. The molecule has 2 nitrogen and oxygen atoms in total. The van der Waals surface area contributed by atoms with Gasteiger partial charge in [0.25, 0.3) is 0 Å².